The number of hydrogen-bond acceptors (Lipinski definition) is 5. The third-order valence-electron chi connectivity index (χ3n) is 7.79. The summed E-state index contributed by atoms with van der Waals surface area (Å²) in [6.07, 6.45) is -0.473. The van der Waals surface area contributed by atoms with Crippen LogP contribution in [0.2, 0.25) is 0 Å². The second-order valence-corrected chi connectivity index (χ2v) is 10.4. The zero-order chi connectivity index (χ0) is 23.9. The van der Waals surface area contributed by atoms with Crippen molar-refractivity contribution in [3.05, 3.63) is 41.0 Å². The average molecular weight is 475 g/mol. The van der Waals surface area contributed by atoms with Crippen molar-refractivity contribution in [3.63, 3.8) is 0 Å². The largest absolute Gasteiger partial charge is 0.420 e. The fourth-order valence-electron chi connectivity index (χ4n) is 6.01. The number of fused-ring (bicyclic) bond motifs is 1. The first-order chi connectivity index (χ1) is 16.3. The van der Waals surface area contributed by atoms with Crippen LogP contribution in [0.3, 0.4) is 0 Å². The number of alkyl halides is 3. The molecule has 1 saturated carbocycles. The van der Waals surface area contributed by atoms with E-state index >= 15 is 0 Å². The van der Waals surface area contributed by atoms with E-state index in [9.17, 15) is 13.2 Å². The number of aromatic nitrogens is 2. The lowest BCUT2D eigenvalue weighted by Crippen LogP contribution is -2.32. The molecule has 3 atom stereocenters. The van der Waals surface area contributed by atoms with E-state index in [1.165, 1.54) is 0 Å². The highest BCUT2D eigenvalue weighted by Gasteiger charge is 2.43. The summed E-state index contributed by atoms with van der Waals surface area (Å²) in [5, 5.41) is 11.3. The molecular formula is C26H33F3N4O. The fourth-order valence-corrected chi connectivity index (χ4v) is 6.01. The maximum atomic E-state index is 14.0. The van der Waals surface area contributed by atoms with Crippen molar-refractivity contribution >= 4 is 5.82 Å². The lowest BCUT2D eigenvalue weighted by Gasteiger charge is -2.28. The van der Waals surface area contributed by atoms with Crippen molar-refractivity contribution in [2.75, 3.05) is 38.2 Å². The van der Waals surface area contributed by atoms with E-state index in [0.29, 0.717) is 23.3 Å². The third-order valence-corrected chi connectivity index (χ3v) is 7.79. The van der Waals surface area contributed by atoms with Gasteiger partial charge in [0.15, 0.2) is 5.82 Å². The molecule has 8 heteroatoms. The Kier molecular flexibility index (Phi) is 6.55. The first kappa shape index (κ1) is 23.5. The lowest BCUT2D eigenvalue weighted by atomic mass is 10.00. The van der Waals surface area contributed by atoms with Crippen molar-refractivity contribution in [2.45, 2.75) is 51.7 Å². The van der Waals surface area contributed by atoms with E-state index in [-0.39, 0.29) is 17.6 Å². The molecule has 184 valence electrons. The lowest BCUT2D eigenvalue weighted by molar-refractivity contribution is -0.137. The smallest absolute Gasteiger partial charge is 0.381 e. The molecule has 3 heterocycles. The van der Waals surface area contributed by atoms with Gasteiger partial charge >= 0.3 is 6.18 Å². The Bertz CT molecular complexity index is 1010. The molecule has 3 fully saturated rings. The van der Waals surface area contributed by atoms with Crippen LogP contribution in [0.25, 0.3) is 11.3 Å². The number of nitrogens with one attached hydrogen (secondary N) is 1. The van der Waals surface area contributed by atoms with Gasteiger partial charge in [0, 0.05) is 44.5 Å². The Labute approximate surface area is 199 Å². The first-order valence-corrected chi connectivity index (χ1v) is 12.4. The molecule has 2 aliphatic heterocycles. The minimum Gasteiger partial charge on any atom is -0.381 e. The van der Waals surface area contributed by atoms with E-state index in [1.54, 1.807) is 0 Å². The van der Waals surface area contributed by atoms with Crippen LogP contribution in [0.15, 0.2) is 24.3 Å². The van der Waals surface area contributed by atoms with Gasteiger partial charge in [-0.25, -0.2) is 0 Å². The van der Waals surface area contributed by atoms with E-state index in [4.69, 9.17) is 4.74 Å². The number of ether oxygens (including phenoxy) is 1. The summed E-state index contributed by atoms with van der Waals surface area (Å²) in [4.78, 5) is 2.56. The van der Waals surface area contributed by atoms with E-state index in [2.05, 4.69) is 20.4 Å². The molecule has 1 aromatic heterocycles. The van der Waals surface area contributed by atoms with Crippen LogP contribution in [-0.4, -0.2) is 54.0 Å². The van der Waals surface area contributed by atoms with Crippen molar-refractivity contribution < 1.29 is 17.9 Å². The summed E-state index contributed by atoms with van der Waals surface area (Å²) in [6, 6.07) is 6.84. The summed E-state index contributed by atoms with van der Waals surface area (Å²) in [5.41, 5.74) is 2.05. The number of anilines is 1. The highest BCUT2D eigenvalue weighted by Crippen LogP contribution is 2.42. The maximum absolute atomic E-state index is 14.0. The summed E-state index contributed by atoms with van der Waals surface area (Å²) >= 11 is 0. The number of halogens is 3. The molecule has 1 N–H and O–H groups in total. The van der Waals surface area contributed by atoms with Gasteiger partial charge in [-0.3, -0.25) is 0 Å². The fraction of sp³-hybridized carbons (Fsp3) is 0.615. The van der Waals surface area contributed by atoms with Gasteiger partial charge in [0.05, 0.1) is 5.69 Å². The monoisotopic (exact) mass is 474 g/mol. The van der Waals surface area contributed by atoms with Crippen molar-refractivity contribution in [1.29, 1.82) is 0 Å². The Morgan fingerprint density at radius 3 is 2.41 bits per heavy atom. The van der Waals surface area contributed by atoms with Gasteiger partial charge in [-0.1, -0.05) is 17.7 Å². The molecule has 1 aliphatic carbocycles. The number of rotatable bonds is 5. The van der Waals surface area contributed by atoms with Crippen LogP contribution < -0.4 is 5.32 Å². The van der Waals surface area contributed by atoms with Crippen LogP contribution >= 0.6 is 0 Å². The molecule has 5 nitrogen and oxygen atoms in total. The van der Waals surface area contributed by atoms with Crippen LogP contribution in [0.5, 0.6) is 0 Å². The SMILES string of the molecule is Cc1ccc(C)c(-c2cc(C(F)(F)F)c(N[C@@H]3C[C@@H]4CN(CC5CCOCC5)C[C@@H]4C3)nn2)c1. The summed E-state index contributed by atoms with van der Waals surface area (Å²) < 4.78 is 47.4. The highest BCUT2D eigenvalue weighted by molar-refractivity contribution is 5.66. The van der Waals surface area contributed by atoms with Crippen LogP contribution in [0, 0.1) is 31.6 Å². The van der Waals surface area contributed by atoms with Crippen molar-refractivity contribution in [3.8, 4) is 11.3 Å². The maximum Gasteiger partial charge on any atom is 0.420 e. The summed E-state index contributed by atoms with van der Waals surface area (Å²) in [7, 11) is 0. The molecule has 0 spiro atoms. The molecule has 5 rings (SSSR count). The molecular weight excluding hydrogens is 441 g/mol. The molecule has 1 aromatic carbocycles. The Morgan fingerprint density at radius 1 is 1.03 bits per heavy atom. The number of benzene rings is 1. The van der Waals surface area contributed by atoms with Gasteiger partial charge in [-0.05, 0) is 75.0 Å². The minimum absolute atomic E-state index is 0.00202. The van der Waals surface area contributed by atoms with Crippen LogP contribution in [-0.2, 0) is 10.9 Å². The quantitative estimate of drug-likeness (QED) is 0.635. The molecule has 0 unspecified atom stereocenters. The van der Waals surface area contributed by atoms with Crippen LogP contribution in [0.4, 0.5) is 19.0 Å². The van der Waals surface area contributed by atoms with Gasteiger partial charge < -0.3 is 15.0 Å². The Hall–Kier alpha value is -2.19. The second kappa shape index (κ2) is 9.46. The predicted octanol–water partition coefficient (Wildman–Crippen LogP) is 5.33. The second-order valence-electron chi connectivity index (χ2n) is 10.4. The zero-order valence-electron chi connectivity index (χ0n) is 19.9. The highest BCUT2D eigenvalue weighted by atomic mass is 19.4. The van der Waals surface area contributed by atoms with E-state index < -0.39 is 11.7 Å². The van der Waals surface area contributed by atoms with E-state index in [0.717, 1.165) is 75.7 Å². The van der Waals surface area contributed by atoms with E-state index in [1.807, 2.05) is 32.0 Å². The molecule has 0 bridgehead atoms. The number of likely N-dealkylation sites (tertiary alicyclic amines) is 1. The topological polar surface area (TPSA) is 50.3 Å². The van der Waals surface area contributed by atoms with Crippen molar-refractivity contribution in [2.24, 2.45) is 17.8 Å². The molecule has 34 heavy (non-hydrogen) atoms. The van der Waals surface area contributed by atoms with Gasteiger partial charge in [0.2, 0.25) is 0 Å². The minimum atomic E-state index is -4.50. The molecule has 2 aromatic rings. The van der Waals surface area contributed by atoms with Gasteiger partial charge in [0.25, 0.3) is 0 Å². The predicted molar refractivity (Wildman–Crippen MR) is 126 cm³/mol. The summed E-state index contributed by atoms with van der Waals surface area (Å²) in [6.45, 7) is 8.73. The molecule has 2 saturated heterocycles. The standard InChI is InChI=1S/C26H33F3N4O/c1-16-3-4-17(2)22(9-16)24-12-23(26(27,28)29)25(32-31-24)30-21-10-19-14-33(15-20(19)11-21)13-18-5-7-34-8-6-18/h3-4,9,12,18-21H,5-8,10-11,13-15H2,1-2H3,(H,30,32)/t19-,20+,21-. The molecule has 0 amide bonds. The summed E-state index contributed by atoms with van der Waals surface area (Å²) in [5.74, 6) is 1.63. The number of nitrogens with zero attached hydrogens (tertiary/aromatic N) is 3. The number of aryl methyl sites for hydroxylation is 2. The van der Waals surface area contributed by atoms with Gasteiger partial charge in [-0.15, -0.1) is 10.2 Å². The zero-order valence-corrected chi connectivity index (χ0v) is 19.9. The Balaban J connectivity index is 1.26. The first-order valence-electron chi connectivity index (χ1n) is 12.4. The van der Waals surface area contributed by atoms with Gasteiger partial charge in [0.1, 0.15) is 5.56 Å². The van der Waals surface area contributed by atoms with Crippen LogP contribution in [0.1, 0.15) is 42.4 Å². The molecule has 0 radical (unpaired) electrons. The number of hydrogen-bond donors (Lipinski definition) is 1. The normalized spacial score (nSPS) is 26.1. The van der Waals surface area contributed by atoms with Crippen molar-refractivity contribution in [1.82, 2.24) is 15.1 Å². The average Bonchev–Trinajstić information content (AvgIpc) is 3.33. The third kappa shape index (κ3) is 5.08. The van der Waals surface area contributed by atoms with Gasteiger partial charge in [-0.2, -0.15) is 13.2 Å². The molecule has 3 aliphatic rings. The Morgan fingerprint density at radius 2 is 1.74 bits per heavy atom.